The van der Waals surface area contributed by atoms with Gasteiger partial charge in [-0.05, 0) is 39.9 Å². The van der Waals surface area contributed by atoms with Gasteiger partial charge in [-0.3, -0.25) is 0 Å². The largest absolute Gasteiger partial charge is 0.456 e. The van der Waals surface area contributed by atoms with Crippen LogP contribution >= 0.6 is 0 Å². The molecule has 0 saturated carbocycles. The molecule has 1 spiro atoms. The van der Waals surface area contributed by atoms with Crippen LogP contribution < -0.4 is 0 Å². The van der Waals surface area contributed by atoms with Crippen molar-refractivity contribution in [2.24, 2.45) is 0 Å². The van der Waals surface area contributed by atoms with Gasteiger partial charge in [0.25, 0.3) is 0 Å². The smallest absolute Gasteiger partial charge is 0.164 e. The van der Waals surface area contributed by atoms with E-state index in [1.807, 2.05) is 66.7 Å². The van der Waals surface area contributed by atoms with Crippen LogP contribution in [-0.4, -0.2) is 15.0 Å². The van der Waals surface area contributed by atoms with E-state index in [9.17, 15) is 0 Å². The Balaban J connectivity index is 1.24. The number of hydrogen-bond donors (Lipinski definition) is 0. The molecule has 48 heavy (non-hydrogen) atoms. The highest BCUT2D eigenvalue weighted by Crippen LogP contribution is 2.64. The Morgan fingerprint density at radius 2 is 0.833 bits per heavy atom. The van der Waals surface area contributed by atoms with Crippen LogP contribution in [0.2, 0.25) is 0 Å². The highest BCUT2D eigenvalue weighted by Gasteiger charge is 2.53. The first kappa shape index (κ1) is 26.8. The molecule has 1 unspecified atom stereocenters. The third kappa shape index (κ3) is 3.80. The van der Waals surface area contributed by atoms with E-state index < -0.39 is 5.41 Å². The normalized spacial score (nSPS) is 15.2. The van der Waals surface area contributed by atoms with Crippen LogP contribution in [0.15, 0.2) is 168 Å². The first-order chi connectivity index (χ1) is 23.8. The second-order valence-corrected chi connectivity index (χ2v) is 12.4. The second kappa shape index (κ2) is 10.3. The highest BCUT2D eigenvalue weighted by molar-refractivity contribution is 5.95. The number of furan rings is 1. The van der Waals surface area contributed by atoms with E-state index in [4.69, 9.17) is 19.4 Å². The summed E-state index contributed by atoms with van der Waals surface area (Å²) < 4.78 is 6.77. The lowest BCUT2D eigenvalue weighted by atomic mass is 9.70. The molecule has 0 N–H and O–H groups in total. The first-order valence-electron chi connectivity index (χ1n) is 16.2. The quantitative estimate of drug-likeness (QED) is 0.198. The van der Waals surface area contributed by atoms with Gasteiger partial charge >= 0.3 is 0 Å². The van der Waals surface area contributed by atoms with E-state index in [0.717, 1.165) is 44.9 Å². The summed E-state index contributed by atoms with van der Waals surface area (Å²) in [6, 6.07) is 57.1. The van der Waals surface area contributed by atoms with Crippen LogP contribution in [0.1, 0.15) is 22.3 Å². The molecular formula is C44H27N3O. The molecule has 6 aromatic carbocycles. The molecule has 2 heterocycles. The monoisotopic (exact) mass is 613 g/mol. The maximum absolute atomic E-state index is 6.77. The van der Waals surface area contributed by atoms with Crippen molar-refractivity contribution in [2.75, 3.05) is 0 Å². The molecule has 2 aliphatic rings. The number of aromatic nitrogens is 3. The molecule has 10 rings (SSSR count). The van der Waals surface area contributed by atoms with Gasteiger partial charge in [-0.1, -0.05) is 152 Å². The molecule has 224 valence electrons. The van der Waals surface area contributed by atoms with E-state index in [2.05, 4.69) is 97.1 Å². The Morgan fingerprint density at radius 3 is 1.46 bits per heavy atom. The van der Waals surface area contributed by atoms with Crippen molar-refractivity contribution in [3.05, 3.63) is 186 Å². The van der Waals surface area contributed by atoms with Gasteiger partial charge in [0.1, 0.15) is 11.5 Å². The van der Waals surface area contributed by atoms with E-state index in [1.165, 1.54) is 27.8 Å². The standard InChI is InChI=1S/C44H27N3O/c1-4-14-28(15-5-1)39-27-38-40(48-39)34-21-11-13-23-36(34)44(38)35-22-12-10-20-32(35)33-25-24-31(26-37(33)44)43-46-41(29-16-6-2-7-17-29)45-42(47-43)30-18-8-3-9-19-30/h1-27H. The molecule has 4 nitrogen and oxygen atoms in total. The Labute approximate surface area is 278 Å². The number of rotatable bonds is 4. The van der Waals surface area contributed by atoms with Crippen LogP contribution in [0.4, 0.5) is 0 Å². The van der Waals surface area contributed by atoms with Crippen LogP contribution in [0.3, 0.4) is 0 Å². The maximum Gasteiger partial charge on any atom is 0.164 e. The topological polar surface area (TPSA) is 51.8 Å². The van der Waals surface area contributed by atoms with Crippen molar-refractivity contribution in [1.29, 1.82) is 0 Å². The van der Waals surface area contributed by atoms with Gasteiger partial charge in [0.15, 0.2) is 17.5 Å². The summed E-state index contributed by atoms with van der Waals surface area (Å²) >= 11 is 0. The third-order valence-corrected chi connectivity index (χ3v) is 9.77. The van der Waals surface area contributed by atoms with Crippen molar-refractivity contribution in [3.8, 4) is 67.9 Å². The van der Waals surface area contributed by atoms with Crippen LogP contribution in [0.5, 0.6) is 0 Å². The molecule has 1 atom stereocenters. The average Bonchev–Trinajstić information content (AvgIpc) is 3.82. The molecule has 0 amide bonds. The van der Waals surface area contributed by atoms with Crippen molar-refractivity contribution in [2.45, 2.75) is 5.41 Å². The van der Waals surface area contributed by atoms with Crippen LogP contribution in [0, 0.1) is 0 Å². The summed E-state index contributed by atoms with van der Waals surface area (Å²) in [6.07, 6.45) is 0. The van der Waals surface area contributed by atoms with Gasteiger partial charge in [-0.15, -0.1) is 0 Å². The highest BCUT2D eigenvalue weighted by atomic mass is 16.3. The fourth-order valence-electron chi connectivity index (χ4n) is 7.70. The summed E-state index contributed by atoms with van der Waals surface area (Å²) in [5, 5.41) is 0. The number of hydrogen-bond acceptors (Lipinski definition) is 4. The summed E-state index contributed by atoms with van der Waals surface area (Å²) in [5.41, 5.74) is 11.8. The number of fused-ring (bicyclic) bond motifs is 10. The average molecular weight is 614 g/mol. The minimum Gasteiger partial charge on any atom is -0.456 e. The van der Waals surface area contributed by atoms with Crippen molar-refractivity contribution in [3.63, 3.8) is 0 Å². The fraction of sp³-hybridized carbons (Fsp3) is 0.0227. The predicted octanol–water partition coefficient (Wildman–Crippen LogP) is 10.5. The molecule has 0 aliphatic heterocycles. The van der Waals surface area contributed by atoms with E-state index >= 15 is 0 Å². The minimum atomic E-state index is -0.554. The molecule has 2 aromatic heterocycles. The van der Waals surface area contributed by atoms with Crippen LogP contribution in [-0.2, 0) is 5.41 Å². The van der Waals surface area contributed by atoms with Crippen molar-refractivity contribution >= 4 is 0 Å². The molecule has 0 bridgehead atoms. The first-order valence-corrected chi connectivity index (χ1v) is 16.2. The van der Waals surface area contributed by atoms with Crippen LogP contribution in [0.25, 0.3) is 67.9 Å². The number of nitrogens with zero attached hydrogens (tertiary/aromatic N) is 3. The molecule has 0 fully saturated rings. The molecule has 8 aromatic rings. The Morgan fingerprint density at radius 1 is 0.354 bits per heavy atom. The summed E-state index contributed by atoms with van der Waals surface area (Å²) in [6.45, 7) is 0. The van der Waals surface area contributed by atoms with Crippen molar-refractivity contribution in [1.82, 2.24) is 15.0 Å². The molecule has 0 radical (unpaired) electrons. The lowest BCUT2D eigenvalue weighted by Crippen LogP contribution is -2.25. The Hall–Kier alpha value is -6.39. The molecule has 0 saturated heterocycles. The van der Waals surface area contributed by atoms with Gasteiger partial charge < -0.3 is 4.42 Å². The van der Waals surface area contributed by atoms with Crippen molar-refractivity contribution < 1.29 is 4.42 Å². The lowest BCUT2D eigenvalue weighted by Gasteiger charge is -2.29. The molecule has 4 heteroatoms. The van der Waals surface area contributed by atoms with Gasteiger partial charge in [0.2, 0.25) is 0 Å². The summed E-state index contributed by atoms with van der Waals surface area (Å²) in [4.78, 5) is 15.1. The molecule has 2 aliphatic carbocycles. The lowest BCUT2D eigenvalue weighted by molar-refractivity contribution is 0.596. The zero-order valence-electron chi connectivity index (χ0n) is 25.8. The predicted molar refractivity (Wildman–Crippen MR) is 190 cm³/mol. The maximum atomic E-state index is 6.77. The van der Waals surface area contributed by atoms with Gasteiger partial charge in [0.05, 0.1) is 5.41 Å². The minimum absolute atomic E-state index is 0.554. The van der Waals surface area contributed by atoms with Gasteiger partial charge in [-0.25, -0.2) is 15.0 Å². The third-order valence-electron chi connectivity index (χ3n) is 9.77. The van der Waals surface area contributed by atoms with E-state index in [1.54, 1.807) is 0 Å². The zero-order chi connectivity index (χ0) is 31.7. The summed E-state index contributed by atoms with van der Waals surface area (Å²) in [7, 11) is 0. The van der Waals surface area contributed by atoms with Gasteiger partial charge in [0, 0.05) is 33.4 Å². The second-order valence-electron chi connectivity index (χ2n) is 12.4. The van der Waals surface area contributed by atoms with E-state index in [-0.39, 0.29) is 0 Å². The summed E-state index contributed by atoms with van der Waals surface area (Å²) in [5.74, 6) is 3.73. The van der Waals surface area contributed by atoms with Gasteiger partial charge in [-0.2, -0.15) is 0 Å². The Kier molecular flexibility index (Phi) is 5.75. The molecular weight excluding hydrogens is 587 g/mol. The Bertz CT molecular complexity index is 2450. The number of benzene rings is 6. The van der Waals surface area contributed by atoms with E-state index in [0.29, 0.717) is 17.5 Å². The fourth-order valence-corrected chi connectivity index (χ4v) is 7.70. The SMILES string of the molecule is c1ccc(-c2nc(-c3ccccc3)nc(-c3ccc4c(c3)C3(c5ccccc5-4)c4ccccc4-c4oc(-c5ccccc5)cc43)n2)cc1. The zero-order valence-corrected chi connectivity index (χ0v) is 25.8.